The quantitative estimate of drug-likeness (QED) is 0.488. The Morgan fingerprint density at radius 1 is 1.03 bits per heavy atom. The van der Waals surface area contributed by atoms with Gasteiger partial charge in [-0.05, 0) is 48.9 Å². The van der Waals surface area contributed by atoms with E-state index in [1.165, 1.54) is 23.5 Å². The van der Waals surface area contributed by atoms with E-state index in [4.69, 9.17) is 4.74 Å². The third kappa shape index (κ3) is 6.16. The summed E-state index contributed by atoms with van der Waals surface area (Å²) < 4.78 is 33.7. The maximum atomic E-state index is 13.3. The molecule has 0 atom stereocenters. The topological polar surface area (TPSA) is 75.7 Å². The van der Waals surface area contributed by atoms with Crippen molar-refractivity contribution in [3.63, 3.8) is 0 Å². The number of hydrogen-bond acceptors (Lipinski definition) is 4. The van der Waals surface area contributed by atoms with Crippen molar-refractivity contribution in [2.45, 2.75) is 18.4 Å². The van der Waals surface area contributed by atoms with Crippen LogP contribution in [0, 0.1) is 6.92 Å². The molecule has 0 saturated heterocycles. The van der Waals surface area contributed by atoms with Crippen LogP contribution < -0.4 is 10.1 Å². The minimum atomic E-state index is -3.90. The number of carbonyl (C=O) groups is 1. The summed E-state index contributed by atoms with van der Waals surface area (Å²) in [7, 11) is -2.36. The lowest BCUT2D eigenvalue weighted by atomic mass is 10.1. The average molecular weight is 503 g/mol. The van der Waals surface area contributed by atoms with E-state index in [0.29, 0.717) is 11.4 Å². The molecule has 3 rings (SSSR count). The van der Waals surface area contributed by atoms with Crippen molar-refractivity contribution in [2.24, 2.45) is 0 Å². The van der Waals surface area contributed by atoms with Crippen LogP contribution in [0.1, 0.15) is 11.1 Å². The molecule has 0 aliphatic rings. The highest BCUT2D eigenvalue weighted by Crippen LogP contribution is 2.22. The molecule has 31 heavy (non-hydrogen) atoms. The van der Waals surface area contributed by atoms with Crippen LogP contribution in [0.25, 0.3) is 0 Å². The highest BCUT2D eigenvalue weighted by molar-refractivity contribution is 9.10. The van der Waals surface area contributed by atoms with Gasteiger partial charge in [0.1, 0.15) is 5.75 Å². The van der Waals surface area contributed by atoms with Crippen molar-refractivity contribution in [3.05, 3.63) is 88.4 Å². The van der Waals surface area contributed by atoms with Gasteiger partial charge in [-0.2, -0.15) is 4.31 Å². The number of halogens is 1. The third-order valence-corrected chi connectivity index (χ3v) is 6.94. The Morgan fingerprint density at radius 2 is 1.71 bits per heavy atom. The summed E-state index contributed by atoms with van der Waals surface area (Å²) in [6.45, 7) is 1.70. The van der Waals surface area contributed by atoms with Crippen LogP contribution in [0.3, 0.4) is 0 Å². The fourth-order valence-corrected chi connectivity index (χ4v) is 4.59. The lowest BCUT2D eigenvalue weighted by molar-refractivity contribution is -0.116. The number of sulfonamides is 1. The maximum Gasteiger partial charge on any atom is 0.243 e. The smallest absolute Gasteiger partial charge is 0.243 e. The number of benzene rings is 3. The molecule has 3 aromatic rings. The second-order valence-corrected chi connectivity index (χ2v) is 9.85. The van der Waals surface area contributed by atoms with Crippen LogP contribution in [-0.2, 0) is 21.4 Å². The van der Waals surface area contributed by atoms with Crippen molar-refractivity contribution in [2.75, 3.05) is 19.0 Å². The molecular weight excluding hydrogens is 480 g/mol. The zero-order valence-corrected chi connectivity index (χ0v) is 19.6. The number of anilines is 1. The van der Waals surface area contributed by atoms with Crippen LogP contribution >= 0.6 is 15.9 Å². The van der Waals surface area contributed by atoms with Gasteiger partial charge >= 0.3 is 0 Å². The lowest BCUT2D eigenvalue weighted by Gasteiger charge is -2.22. The first-order valence-electron chi connectivity index (χ1n) is 9.53. The monoisotopic (exact) mass is 502 g/mol. The summed E-state index contributed by atoms with van der Waals surface area (Å²) in [6, 6.07) is 20.8. The summed E-state index contributed by atoms with van der Waals surface area (Å²) in [6.07, 6.45) is 0. The SMILES string of the molecule is COc1cccc(NC(=O)CN(Cc2ccc(C)cc2)S(=O)(=O)c2ccc(Br)cc2)c1. The molecule has 0 heterocycles. The fraction of sp³-hybridized carbons (Fsp3) is 0.174. The summed E-state index contributed by atoms with van der Waals surface area (Å²) >= 11 is 3.32. The lowest BCUT2D eigenvalue weighted by Crippen LogP contribution is -2.37. The van der Waals surface area contributed by atoms with E-state index in [1.54, 1.807) is 36.4 Å². The summed E-state index contributed by atoms with van der Waals surface area (Å²) in [5.41, 5.74) is 2.39. The Hall–Kier alpha value is -2.68. The van der Waals surface area contributed by atoms with Gasteiger partial charge in [0, 0.05) is 22.8 Å². The number of rotatable bonds is 8. The Labute approximate surface area is 191 Å². The van der Waals surface area contributed by atoms with E-state index in [9.17, 15) is 13.2 Å². The standard InChI is InChI=1S/C23H23BrN2O4S/c1-17-6-8-18(9-7-17)15-26(31(28,29)22-12-10-19(24)11-13-22)16-23(27)25-20-4-3-5-21(14-20)30-2/h3-14H,15-16H2,1-2H3,(H,25,27). The Bertz CT molecular complexity index is 1150. The highest BCUT2D eigenvalue weighted by atomic mass is 79.9. The van der Waals surface area contributed by atoms with Crippen LogP contribution in [-0.4, -0.2) is 32.3 Å². The van der Waals surface area contributed by atoms with Crippen molar-refractivity contribution in [1.29, 1.82) is 0 Å². The highest BCUT2D eigenvalue weighted by Gasteiger charge is 2.27. The summed E-state index contributed by atoms with van der Waals surface area (Å²) in [5, 5.41) is 2.74. The maximum absolute atomic E-state index is 13.3. The minimum Gasteiger partial charge on any atom is -0.497 e. The largest absolute Gasteiger partial charge is 0.497 e. The van der Waals surface area contributed by atoms with Crippen LogP contribution in [0.4, 0.5) is 5.69 Å². The van der Waals surface area contributed by atoms with Gasteiger partial charge in [0.2, 0.25) is 15.9 Å². The Morgan fingerprint density at radius 3 is 2.35 bits per heavy atom. The molecule has 0 unspecified atom stereocenters. The second kappa shape index (κ2) is 10.1. The predicted molar refractivity (Wildman–Crippen MR) is 125 cm³/mol. The van der Waals surface area contributed by atoms with Crippen LogP contribution in [0.15, 0.2) is 82.2 Å². The Balaban J connectivity index is 1.86. The number of ether oxygens (including phenoxy) is 1. The number of amides is 1. The van der Waals surface area contributed by atoms with Gasteiger partial charge < -0.3 is 10.1 Å². The number of hydrogen-bond donors (Lipinski definition) is 1. The molecule has 1 N–H and O–H groups in total. The van der Waals surface area contributed by atoms with Gasteiger partial charge in [-0.15, -0.1) is 0 Å². The van der Waals surface area contributed by atoms with Gasteiger partial charge in [0.05, 0.1) is 18.6 Å². The number of nitrogens with one attached hydrogen (secondary N) is 1. The van der Waals surface area contributed by atoms with E-state index in [2.05, 4.69) is 21.2 Å². The van der Waals surface area contributed by atoms with Crippen LogP contribution in [0.2, 0.25) is 0 Å². The van der Waals surface area contributed by atoms with E-state index in [0.717, 1.165) is 15.6 Å². The van der Waals surface area contributed by atoms with Crippen molar-refractivity contribution in [3.8, 4) is 5.75 Å². The number of carbonyl (C=O) groups excluding carboxylic acids is 1. The molecular formula is C23H23BrN2O4S. The van der Waals surface area contributed by atoms with E-state index < -0.39 is 15.9 Å². The summed E-state index contributed by atoms with van der Waals surface area (Å²) in [4.78, 5) is 12.9. The minimum absolute atomic E-state index is 0.0736. The summed E-state index contributed by atoms with van der Waals surface area (Å²) in [5.74, 6) is 0.151. The van der Waals surface area contributed by atoms with E-state index >= 15 is 0 Å². The zero-order valence-electron chi connectivity index (χ0n) is 17.2. The molecule has 0 bridgehead atoms. The molecule has 0 spiro atoms. The zero-order chi connectivity index (χ0) is 22.4. The average Bonchev–Trinajstić information content (AvgIpc) is 2.75. The molecule has 0 aliphatic heterocycles. The van der Waals surface area contributed by atoms with Gasteiger partial charge in [0.25, 0.3) is 0 Å². The van der Waals surface area contributed by atoms with Crippen molar-refractivity contribution >= 4 is 37.5 Å². The molecule has 6 nitrogen and oxygen atoms in total. The number of aryl methyl sites for hydroxylation is 1. The molecule has 0 aromatic heterocycles. The van der Waals surface area contributed by atoms with E-state index in [-0.39, 0.29) is 18.0 Å². The van der Waals surface area contributed by atoms with Crippen molar-refractivity contribution < 1.29 is 17.9 Å². The normalized spacial score (nSPS) is 11.4. The van der Waals surface area contributed by atoms with Gasteiger partial charge in [-0.25, -0.2) is 8.42 Å². The van der Waals surface area contributed by atoms with Crippen LogP contribution in [0.5, 0.6) is 5.75 Å². The second-order valence-electron chi connectivity index (χ2n) is 6.99. The third-order valence-electron chi connectivity index (χ3n) is 4.60. The molecule has 0 saturated carbocycles. The first-order chi connectivity index (χ1) is 14.8. The first kappa shape index (κ1) is 23.0. The molecule has 3 aromatic carbocycles. The molecule has 0 radical (unpaired) electrons. The number of methoxy groups -OCH3 is 1. The van der Waals surface area contributed by atoms with Gasteiger partial charge in [0.15, 0.2) is 0 Å². The molecule has 0 aliphatic carbocycles. The molecule has 0 fully saturated rings. The van der Waals surface area contributed by atoms with Gasteiger partial charge in [-0.1, -0.05) is 51.8 Å². The molecule has 1 amide bonds. The Kier molecular flexibility index (Phi) is 7.48. The van der Waals surface area contributed by atoms with Gasteiger partial charge in [-0.3, -0.25) is 4.79 Å². The molecule has 162 valence electrons. The fourth-order valence-electron chi connectivity index (χ4n) is 2.94. The van der Waals surface area contributed by atoms with Crippen molar-refractivity contribution in [1.82, 2.24) is 4.31 Å². The first-order valence-corrected chi connectivity index (χ1v) is 11.8. The predicted octanol–water partition coefficient (Wildman–Crippen LogP) is 4.60. The molecule has 8 heteroatoms. The number of nitrogens with zero attached hydrogens (tertiary/aromatic N) is 1. The van der Waals surface area contributed by atoms with E-state index in [1.807, 2.05) is 31.2 Å².